The monoisotopic (exact) mass is 273 g/mol. The van der Waals surface area contributed by atoms with E-state index in [0.717, 1.165) is 0 Å². The quantitative estimate of drug-likeness (QED) is 0.845. The number of hydrogen-bond acceptors (Lipinski definition) is 2. The molecule has 1 unspecified atom stereocenters. The molecular weight excluding hydrogens is 255 g/mol. The van der Waals surface area contributed by atoms with Crippen molar-refractivity contribution in [2.75, 3.05) is 5.73 Å². The third kappa shape index (κ3) is 3.55. The number of ether oxygens (including phenoxy) is 1. The fourth-order valence-electron chi connectivity index (χ4n) is 2.44. The average Bonchev–Trinajstić information content (AvgIpc) is 2.32. The van der Waals surface area contributed by atoms with Crippen LogP contribution in [0.25, 0.3) is 0 Å². The topological polar surface area (TPSA) is 35.2 Å². The number of nitrogens with two attached hydrogens (primary N) is 1. The lowest BCUT2D eigenvalue weighted by Gasteiger charge is -2.32. The van der Waals surface area contributed by atoms with Gasteiger partial charge in [-0.05, 0) is 37.8 Å². The molecule has 0 radical (unpaired) electrons. The molecule has 0 aromatic heterocycles. The van der Waals surface area contributed by atoms with Crippen LogP contribution in [-0.4, -0.2) is 12.0 Å². The van der Waals surface area contributed by atoms with Crippen molar-refractivity contribution in [3.8, 4) is 5.75 Å². The fourth-order valence-corrected chi connectivity index (χ4v) is 2.44. The highest BCUT2D eigenvalue weighted by molar-refractivity contribution is 5.42. The molecule has 1 fully saturated rings. The van der Waals surface area contributed by atoms with Gasteiger partial charge in [-0.25, -0.2) is 13.2 Å². The normalized spacial score (nSPS) is 21.1. The van der Waals surface area contributed by atoms with Crippen LogP contribution in [0, 0.1) is 11.7 Å². The molecule has 2 rings (SSSR count). The molecule has 1 aliphatic rings. The summed E-state index contributed by atoms with van der Waals surface area (Å²) in [5.74, 6) is -2.91. The Hall–Kier alpha value is -1.39. The van der Waals surface area contributed by atoms with Crippen LogP contribution in [0.2, 0.25) is 0 Å². The second-order valence-corrected chi connectivity index (χ2v) is 5.21. The summed E-state index contributed by atoms with van der Waals surface area (Å²) in [5, 5.41) is 0. The number of anilines is 1. The molecule has 1 saturated carbocycles. The lowest BCUT2D eigenvalue weighted by Crippen LogP contribution is -2.32. The second-order valence-electron chi connectivity index (χ2n) is 5.21. The minimum absolute atomic E-state index is 0.0385. The average molecular weight is 273 g/mol. The first-order chi connectivity index (χ1) is 8.87. The second kappa shape index (κ2) is 5.31. The van der Waals surface area contributed by atoms with E-state index in [9.17, 15) is 13.2 Å². The van der Waals surface area contributed by atoms with E-state index in [0.29, 0.717) is 18.5 Å². The smallest absolute Gasteiger partial charge is 0.248 e. The van der Waals surface area contributed by atoms with Crippen molar-refractivity contribution in [1.82, 2.24) is 0 Å². The van der Waals surface area contributed by atoms with Crippen molar-refractivity contribution < 1.29 is 17.9 Å². The summed E-state index contributed by atoms with van der Waals surface area (Å²) in [6, 6.07) is 4.22. The molecule has 106 valence electrons. The van der Waals surface area contributed by atoms with Crippen LogP contribution in [0.5, 0.6) is 5.75 Å². The van der Waals surface area contributed by atoms with Gasteiger partial charge in [-0.15, -0.1) is 0 Å². The Bertz CT molecular complexity index is 440. The highest BCUT2D eigenvalue weighted by Crippen LogP contribution is 2.38. The lowest BCUT2D eigenvalue weighted by atomic mass is 9.84. The molecule has 0 heterocycles. The van der Waals surface area contributed by atoms with E-state index in [1.165, 1.54) is 12.1 Å². The zero-order valence-electron chi connectivity index (χ0n) is 10.8. The van der Waals surface area contributed by atoms with E-state index < -0.39 is 11.7 Å². The number of alkyl halides is 2. The predicted molar refractivity (Wildman–Crippen MR) is 67.8 cm³/mol. The first-order valence-electron chi connectivity index (χ1n) is 6.47. The van der Waals surface area contributed by atoms with Crippen LogP contribution in [-0.2, 0) is 0 Å². The first-order valence-corrected chi connectivity index (χ1v) is 6.47. The summed E-state index contributed by atoms with van der Waals surface area (Å²) in [7, 11) is 0. The Kier molecular flexibility index (Phi) is 3.92. The molecule has 0 saturated heterocycles. The van der Waals surface area contributed by atoms with Crippen LogP contribution in [0.1, 0.15) is 32.6 Å². The van der Waals surface area contributed by atoms with Gasteiger partial charge in [-0.3, -0.25) is 0 Å². The van der Waals surface area contributed by atoms with Crippen LogP contribution in [0.4, 0.5) is 18.9 Å². The lowest BCUT2D eigenvalue weighted by molar-refractivity contribution is -0.0576. The zero-order valence-corrected chi connectivity index (χ0v) is 10.8. The molecule has 2 nitrogen and oxygen atoms in total. The Morgan fingerprint density at radius 1 is 1.32 bits per heavy atom. The Morgan fingerprint density at radius 2 is 1.95 bits per heavy atom. The Labute approximate surface area is 110 Å². The summed E-state index contributed by atoms with van der Waals surface area (Å²) in [6.45, 7) is 1.80. The maximum absolute atomic E-state index is 13.6. The van der Waals surface area contributed by atoms with E-state index >= 15 is 0 Å². The van der Waals surface area contributed by atoms with Crippen LogP contribution in [0.15, 0.2) is 18.2 Å². The van der Waals surface area contributed by atoms with Crippen LogP contribution >= 0.6 is 0 Å². The molecule has 1 atom stereocenters. The molecule has 1 aliphatic carbocycles. The maximum atomic E-state index is 13.6. The maximum Gasteiger partial charge on any atom is 0.248 e. The fraction of sp³-hybridized carbons (Fsp3) is 0.571. The van der Waals surface area contributed by atoms with Crippen LogP contribution in [0.3, 0.4) is 0 Å². The van der Waals surface area contributed by atoms with E-state index in [1.807, 2.05) is 0 Å². The molecule has 5 heteroatoms. The number of rotatable bonds is 3. The third-order valence-electron chi connectivity index (χ3n) is 3.69. The zero-order chi connectivity index (χ0) is 14.0. The van der Waals surface area contributed by atoms with Gasteiger partial charge in [0.15, 0.2) is 11.6 Å². The standard InChI is InChI=1S/C14H18F3NO/c1-9(10-4-6-14(16,17)7-5-10)19-13-3-2-11(18)8-12(13)15/h2-3,8-10H,4-7,18H2,1H3. The van der Waals surface area contributed by atoms with Gasteiger partial charge < -0.3 is 10.5 Å². The molecule has 2 N–H and O–H groups in total. The molecular formula is C14H18F3NO. The van der Waals surface area contributed by atoms with Gasteiger partial charge in [0.1, 0.15) is 0 Å². The number of benzene rings is 1. The van der Waals surface area contributed by atoms with Gasteiger partial charge in [0, 0.05) is 24.6 Å². The van der Waals surface area contributed by atoms with E-state index in [1.54, 1.807) is 13.0 Å². The highest BCUT2D eigenvalue weighted by Gasteiger charge is 2.37. The van der Waals surface area contributed by atoms with Crippen molar-refractivity contribution in [2.24, 2.45) is 5.92 Å². The van der Waals surface area contributed by atoms with Gasteiger partial charge in [0.05, 0.1) is 6.10 Å². The predicted octanol–water partition coefficient (Wildman–Crippen LogP) is 4.00. The number of nitrogen functional groups attached to an aromatic ring is 1. The van der Waals surface area contributed by atoms with Crippen molar-refractivity contribution in [3.63, 3.8) is 0 Å². The largest absolute Gasteiger partial charge is 0.487 e. The molecule has 0 bridgehead atoms. The summed E-state index contributed by atoms with van der Waals surface area (Å²) in [6.07, 6.45) is 0.301. The molecule has 1 aromatic rings. The third-order valence-corrected chi connectivity index (χ3v) is 3.69. The van der Waals surface area contributed by atoms with Crippen LogP contribution < -0.4 is 10.5 Å². The first kappa shape index (κ1) is 14.0. The van der Waals surface area contributed by atoms with Gasteiger partial charge in [-0.2, -0.15) is 0 Å². The summed E-state index contributed by atoms with van der Waals surface area (Å²) in [5.41, 5.74) is 5.78. The van der Waals surface area contributed by atoms with E-state index in [-0.39, 0.29) is 30.6 Å². The molecule has 0 aliphatic heterocycles. The minimum Gasteiger partial charge on any atom is -0.487 e. The molecule has 19 heavy (non-hydrogen) atoms. The highest BCUT2D eigenvalue weighted by atomic mass is 19.3. The molecule has 0 spiro atoms. The Balaban J connectivity index is 1.96. The van der Waals surface area contributed by atoms with Crippen molar-refractivity contribution in [2.45, 2.75) is 44.6 Å². The van der Waals surface area contributed by atoms with Crippen molar-refractivity contribution in [1.29, 1.82) is 0 Å². The van der Waals surface area contributed by atoms with Crippen molar-refractivity contribution >= 4 is 5.69 Å². The number of hydrogen-bond donors (Lipinski definition) is 1. The molecule has 0 amide bonds. The van der Waals surface area contributed by atoms with Crippen molar-refractivity contribution in [3.05, 3.63) is 24.0 Å². The van der Waals surface area contributed by atoms with Gasteiger partial charge >= 0.3 is 0 Å². The summed E-state index contributed by atoms with van der Waals surface area (Å²) >= 11 is 0. The SMILES string of the molecule is CC(Oc1ccc(N)cc1F)C1CCC(F)(F)CC1. The van der Waals surface area contributed by atoms with Gasteiger partial charge in [-0.1, -0.05) is 0 Å². The number of halogens is 3. The summed E-state index contributed by atoms with van der Waals surface area (Å²) < 4.78 is 45.2. The van der Waals surface area contributed by atoms with Gasteiger partial charge in [0.25, 0.3) is 0 Å². The summed E-state index contributed by atoms with van der Waals surface area (Å²) in [4.78, 5) is 0. The van der Waals surface area contributed by atoms with E-state index in [2.05, 4.69) is 0 Å². The Morgan fingerprint density at radius 3 is 2.53 bits per heavy atom. The molecule has 1 aromatic carbocycles. The van der Waals surface area contributed by atoms with Gasteiger partial charge in [0.2, 0.25) is 5.92 Å². The van der Waals surface area contributed by atoms with E-state index in [4.69, 9.17) is 10.5 Å². The minimum atomic E-state index is -2.55.